The molecule has 1 aromatic heterocycles. The van der Waals surface area contributed by atoms with Crippen molar-refractivity contribution in [1.29, 1.82) is 0 Å². The lowest BCUT2D eigenvalue weighted by atomic mass is 10.1. The molecule has 0 aliphatic rings. The number of aromatic nitrogens is 1. The molecule has 0 fully saturated rings. The third-order valence-corrected chi connectivity index (χ3v) is 2.84. The van der Waals surface area contributed by atoms with Crippen LogP contribution in [0.1, 0.15) is 33.3 Å². The number of carboxylic acids is 1. The molecule has 0 spiro atoms. The van der Waals surface area contributed by atoms with Crippen LogP contribution < -0.4 is 0 Å². The molecule has 1 heterocycles. The molecular formula is C13H17NO2S. The molecule has 0 atom stereocenters. The summed E-state index contributed by atoms with van der Waals surface area (Å²) in [4.78, 5) is 10.8. The molecule has 0 amide bonds. The smallest absolute Gasteiger partial charge is 0.331 e. The van der Waals surface area contributed by atoms with E-state index in [0.29, 0.717) is 4.64 Å². The van der Waals surface area contributed by atoms with Gasteiger partial charge >= 0.3 is 5.97 Å². The van der Waals surface area contributed by atoms with Crippen LogP contribution in [-0.2, 0) is 10.3 Å². The lowest BCUT2D eigenvalue weighted by Crippen LogP contribution is -2.22. The molecule has 1 rings (SSSR count). The second-order valence-corrected chi connectivity index (χ2v) is 5.33. The van der Waals surface area contributed by atoms with E-state index in [-0.39, 0.29) is 11.1 Å². The fraction of sp³-hybridized carbons (Fsp3) is 0.385. The highest BCUT2D eigenvalue weighted by Gasteiger charge is 2.13. The first-order valence-electron chi connectivity index (χ1n) is 5.37. The molecule has 0 saturated heterocycles. The highest BCUT2D eigenvalue weighted by molar-refractivity contribution is 7.71. The lowest BCUT2D eigenvalue weighted by molar-refractivity contribution is -0.132. The maximum absolute atomic E-state index is 10.8. The summed E-state index contributed by atoms with van der Waals surface area (Å²) in [7, 11) is 0. The summed E-state index contributed by atoms with van der Waals surface area (Å²) >= 11 is 5.37. The van der Waals surface area contributed by atoms with Gasteiger partial charge in [0.15, 0.2) is 0 Å². The Kier molecular flexibility index (Phi) is 3.88. The minimum absolute atomic E-state index is 0.113. The molecule has 4 heteroatoms. The molecule has 3 nitrogen and oxygen atoms in total. The summed E-state index contributed by atoms with van der Waals surface area (Å²) in [6, 6.07) is 3.71. The Morgan fingerprint density at radius 2 is 2.06 bits per heavy atom. The van der Waals surface area contributed by atoms with E-state index in [1.807, 2.05) is 22.9 Å². The first-order chi connectivity index (χ1) is 7.73. The van der Waals surface area contributed by atoms with Crippen molar-refractivity contribution in [2.75, 3.05) is 0 Å². The Bertz CT molecular complexity index is 521. The van der Waals surface area contributed by atoms with Gasteiger partial charge in [0, 0.05) is 22.9 Å². The third-order valence-electron chi connectivity index (χ3n) is 2.41. The van der Waals surface area contributed by atoms with E-state index in [1.54, 1.807) is 13.0 Å². The van der Waals surface area contributed by atoms with E-state index in [9.17, 15) is 4.79 Å². The average Bonchev–Trinajstić information content (AvgIpc) is 2.19. The Balaban J connectivity index is 3.36. The minimum Gasteiger partial charge on any atom is -0.478 e. The monoisotopic (exact) mass is 251 g/mol. The number of aliphatic carboxylic acids is 1. The van der Waals surface area contributed by atoms with Gasteiger partial charge in [-0.3, -0.25) is 0 Å². The maximum Gasteiger partial charge on any atom is 0.331 e. The van der Waals surface area contributed by atoms with Crippen molar-refractivity contribution in [3.63, 3.8) is 0 Å². The van der Waals surface area contributed by atoms with Crippen LogP contribution in [0.25, 0.3) is 6.08 Å². The van der Waals surface area contributed by atoms with Crippen molar-refractivity contribution in [3.05, 3.63) is 34.1 Å². The van der Waals surface area contributed by atoms with Crippen molar-refractivity contribution >= 4 is 24.3 Å². The molecule has 92 valence electrons. The van der Waals surface area contributed by atoms with Gasteiger partial charge in [-0.1, -0.05) is 18.3 Å². The quantitative estimate of drug-likeness (QED) is 0.646. The zero-order chi connectivity index (χ0) is 13.2. The Morgan fingerprint density at radius 1 is 1.47 bits per heavy atom. The molecule has 1 aromatic rings. The number of pyridine rings is 1. The molecule has 0 radical (unpaired) electrons. The van der Waals surface area contributed by atoms with Crippen LogP contribution in [-0.4, -0.2) is 15.6 Å². The van der Waals surface area contributed by atoms with E-state index in [0.717, 1.165) is 5.56 Å². The van der Waals surface area contributed by atoms with E-state index in [1.165, 1.54) is 0 Å². The Labute approximate surface area is 106 Å². The van der Waals surface area contributed by atoms with Crippen LogP contribution in [0.2, 0.25) is 0 Å². The van der Waals surface area contributed by atoms with Gasteiger partial charge in [-0.2, -0.15) is 0 Å². The van der Waals surface area contributed by atoms with Crippen molar-refractivity contribution < 1.29 is 9.90 Å². The fourth-order valence-electron chi connectivity index (χ4n) is 1.44. The van der Waals surface area contributed by atoms with Crippen LogP contribution in [0.15, 0.2) is 23.9 Å². The van der Waals surface area contributed by atoms with Crippen molar-refractivity contribution in [2.24, 2.45) is 0 Å². The number of rotatable bonds is 2. The van der Waals surface area contributed by atoms with Gasteiger partial charge in [-0.25, -0.2) is 4.79 Å². The van der Waals surface area contributed by atoms with Gasteiger partial charge in [-0.15, -0.1) is 0 Å². The number of carboxylic acid groups (broad SMARTS) is 1. The molecule has 0 unspecified atom stereocenters. The van der Waals surface area contributed by atoms with Crippen molar-refractivity contribution in [2.45, 2.75) is 33.2 Å². The van der Waals surface area contributed by atoms with E-state index in [4.69, 9.17) is 17.3 Å². The molecule has 0 aromatic carbocycles. The normalized spacial score (nSPS) is 12.6. The van der Waals surface area contributed by atoms with Crippen LogP contribution in [0.3, 0.4) is 0 Å². The molecule has 17 heavy (non-hydrogen) atoms. The van der Waals surface area contributed by atoms with Gasteiger partial charge < -0.3 is 9.67 Å². The van der Waals surface area contributed by atoms with Gasteiger partial charge in [0.05, 0.1) is 0 Å². The standard InChI is InChI=1S/C13H17NO2S/c1-9(12(15)16)8-10-6-5-7-14(11(10)17)13(2,3)4/h5-8H,1-4H3,(H,15,16)/b9-8-. The molecule has 0 aliphatic heterocycles. The summed E-state index contributed by atoms with van der Waals surface area (Å²) in [6.45, 7) is 7.73. The first kappa shape index (κ1) is 13.6. The molecule has 0 bridgehead atoms. The van der Waals surface area contributed by atoms with Gasteiger partial charge in [0.2, 0.25) is 0 Å². The first-order valence-corrected chi connectivity index (χ1v) is 5.78. The Morgan fingerprint density at radius 3 is 2.53 bits per heavy atom. The maximum atomic E-state index is 10.8. The molecule has 1 N–H and O–H groups in total. The van der Waals surface area contributed by atoms with E-state index >= 15 is 0 Å². The molecule has 0 aliphatic carbocycles. The zero-order valence-corrected chi connectivity index (χ0v) is 11.3. The summed E-state index contributed by atoms with van der Waals surface area (Å²) in [5.74, 6) is -0.925. The Hall–Kier alpha value is -1.42. The molecular weight excluding hydrogens is 234 g/mol. The zero-order valence-electron chi connectivity index (χ0n) is 10.5. The van der Waals surface area contributed by atoms with Crippen LogP contribution >= 0.6 is 12.2 Å². The second-order valence-electron chi connectivity index (χ2n) is 4.94. The van der Waals surface area contributed by atoms with Crippen LogP contribution in [0.5, 0.6) is 0 Å². The average molecular weight is 251 g/mol. The summed E-state index contributed by atoms with van der Waals surface area (Å²) in [5, 5.41) is 8.85. The van der Waals surface area contributed by atoms with Crippen molar-refractivity contribution in [1.82, 2.24) is 4.57 Å². The lowest BCUT2D eigenvalue weighted by Gasteiger charge is -2.24. The predicted molar refractivity (Wildman–Crippen MR) is 71.5 cm³/mol. The topological polar surface area (TPSA) is 42.2 Å². The van der Waals surface area contributed by atoms with Crippen LogP contribution in [0.4, 0.5) is 0 Å². The van der Waals surface area contributed by atoms with Gasteiger partial charge in [-0.05, 0) is 39.8 Å². The SMILES string of the molecule is C/C(=C/c1cccn(C(C)(C)C)c1=S)C(=O)O. The summed E-state index contributed by atoms with van der Waals surface area (Å²) in [6.07, 6.45) is 3.52. The van der Waals surface area contributed by atoms with Crippen LogP contribution in [0, 0.1) is 4.64 Å². The minimum atomic E-state index is -0.925. The molecule has 0 saturated carbocycles. The highest BCUT2D eigenvalue weighted by atomic mass is 32.1. The van der Waals surface area contributed by atoms with E-state index in [2.05, 4.69) is 20.8 Å². The number of hydrogen-bond acceptors (Lipinski definition) is 2. The number of hydrogen-bond donors (Lipinski definition) is 1. The third kappa shape index (κ3) is 3.27. The summed E-state index contributed by atoms with van der Waals surface area (Å²) < 4.78 is 2.61. The van der Waals surface area contributed by atoms with Gasteiger partial charge in [0.25, 0.3) is 0 Å². The van der Waals surface area contributed by atoms with E-state index < -0.39 is 5.97 Å². The highest BCUT2D eigenvalue weighted by Crippen LogP contribution is 2.18. The number of nitrogens with zero attached hydrogens (tertiary/aromatic N) is 1. The number of carbonyl (C=O) groups is 1. The van der Waals surface area contributed by atoms with Crippen molar-refractivity contribution in [3.8, 4) is 0 Å². The summed E-state index contributed by atoms with van der Waals surface area (Å²) in [5.41, 5.74) is 0.929. The van der Waals surface area contributed by atoms with Gasteiger partial charge in [0.1, 0.15) is 4.64 Å². The predicted octanol–water partition coefficient (Wildman–Crippen LogP) is 3.46. The fourth-order valence-corrected chi connectivity index (χ4v) is 1.91. The second kappa shape index (κ2) is 4.84. The largest absolute Gasteiger partial charge is 0.478 e.